The van der Waals surface area contributed by atoms with E-state index in [-0.39, 0.29) is 29.3 Å². The molecule has 2 aliphatic heterocycles. The van der Waals surface area contributed by atoms with Crippen LogP contribution < -0.4 is 10.6 Å². The van der Waals surface area contributed by atoms with Crippen LogP contribution in [0.2, 0.25) is 0 Å². The highest BCUT2D eigenvalue weighted by atomic mass is 32.2. The number of aromatic amines is 1. The van der Waals surface area contributed by atoms with Gasteiger partial charge < -0.3 is 14.5 Å². The number of nitrogens with one attached hydrogen (secondary N) is 1. The summed E-state index contributed by atoms with van der Waals surface area (Å²) >= 11 is 1.29. The second-order valence-electron chi connectivity index (χ2n) is 10.1. The molecule has 9 nitrogen and oxygen atoms in total. The number of carbonyl (C=O) groups is 1. The summed E-state index contributed by atoms with van der Waals surface area (Å²) in [4.78, 5) is 33.8. The van der Waals surface area contributed by atoms with Gasteiger partial charge in [-0.05, 0) is 24.6 Å². The molecule has 1 fully saturated rings. The largest absolute Gasteiger partial charge is 0.417 e. The Morgan fingerprint density at radius 3 is 2.68 bits per heavy atom. The van der Waals surface area contributed by atoms with Crippen LogP contribution in [-0.2, 0) is 15.7 Å². The number of aryl methyl sites for hydroxylation is 1. The SMILES string of the molecule is C=CC(=O)N1CCN(c2nc(=O)n3c4c(c(-c5c(C)ccc6cn[nH]c56)c(C(F)(F)F)cc24)SCC3COC)CC1. The summed E-state index contributed by atoms with van der Waals surface area (Å²) in [7, 11) is 1.52. The smallest absolute Gasteiger partial charge is 0.383 e. The van der Waals surface area contributed by atoms with Crippen molar-refractivity contribution in [2.75, 3.05) is 50.5 Å². The van der Waals surface area contributed by atoms with E-state index in [1.54, 1.807) is 29.0 Å². The maximum absolute atomic E-state index is 15.0. The van der Waals surface area contributed by atoms with E-state index in [0.29, 0.717) is 64.4 Å². The molecule has 1 unspecified atom stereocenters. The fourth-order valence-electron chi connectivity index (χ4n) is 5.83. The summed E-state index contributed by atoms with van der Waals surface area (Å²) in [6.07, 6.45) is -1.89. The first kappa shape index (κ1) is 27.3. The van der Waals surface area contributed by atoms with Gasteiger partial charge in [-0.3, -0.25) is 14.5 Å². The maximum Gasteiger partial charge on any atom is 0.417 e. The molecular formula is C28H27F3N6O3S. The number of halogens is 3. The third-order valence-electron chi connectivity index (χ3n) is 7.74. The van der Waals surface area contributed by atoms with Crippen molar-refractivity contribution >= 4 is 45.3 Å². The molecule has 214 valence electrons. The topological polar surface area (TPSA) is 96.4 Å². The van der Waals surface area contributed by atoms with Gasteiger partial charge in [0.05, 0.1) is 35.4 Å². The Balaban J connectivity index is 1.67. The van der Waals surface area contributed by atoms with E-state index in [0.717, 1.165) is 6.07 Å². The van der Waals surface area contributed by atoms with E-state index in [1.165, 1.54) is 29.5 Å². The van der Waals surface area contributed by atoms with Gasteiger partial charge in [-0.15, -0.1) is 11.8 Å². The van der Waals surface area contributed by atoms with Gasteiger partial charge in [-0.1, -0.05) is 18.7 Å². The summed E-state index contributed by atoms with van der Waals surface area (Å²) < 4.78 is 51.8. The van der Waals surface area contributed by atoms with Crippen LogP contribution in [0.1, 0.15) is 17.2 Å². The van der Waals surface area contributed by atoms with Crippen LogP contribution >= 0.6 is 11.8 Å². The highest BCUT2D eigenvalue weighted by molar-refractivity contribution is 7.99. The number of carbonyl (C=O) groups excluding carboxylic acids is 1. The number of rotatable bonds is 5. The number of aromatic nitrogens is 4. The predicted octanol–water partition coefficient (Wildman–Crippen LogP) is 4.39. The van der Waals surface area contributed by atoms with Gasteiger partial charge >= 0.3 is 11.9 Å². The summed E-state index contributed by atoms with van der Waals surface area (Å²) in [6, 6.07) is 4.30. The Hall–Kier alpha value is -3.84. The molecule has 2 aromatic heterocycles. The number of hydrogen-bond acceptors (Lipinski definition) is 7. The molecule has 0 radical (unpaired) electrons. The van der Waals surface area contributed by atoms with Crippen molar-refractivity contribution in [2.24, 2.45) is 0 Å². The second kappa shape index (κ2) is 10.2. The molecule has 1 atom stereocenters. The van der Waals surface area contributed by atoms with Gasteiger partial charge in [0.1, 0.15) is 5.82 Å². The molecule has 1 saturated heterocycles. The number of methoxy groups -OCH3 is 1. The van der Waals surface area contributed by atoms with Crippen molar-refractivity contribution in [3.8, 4) is 11.1 Å². The molecule has 4 aromatic rings. The highest BCUT2D eigenvalue weighted by Gasteiger charge is 2.40. The predicted molar refractivity (Wildman–Crippen MR) is 151 cm³/mol. The summed E-state index contributed by atoms with van der Waals surface area (Å²) in [5.41, 5.74) is 0.604. The third kappa shape index (κ3) is 4.47. The van der Waals surface area contributed by atoms with E-state index >= 15 is 0 Å². The van der Waals surface area contributed by atoms with E-state index in [2.05, 4.69) is 21.8 Å². The fourth-order valence-corrected chi connectivity index (χ4v) is 7.13. The lowest BCUT2D eigenvalue weighted by molar-refractivity contribution is -0.137. The van der Waals surface area contributed by atoms with Crippen LogP contribution in [0.15, 0.2) is 46.7 Å². The first-order chi connectivity index (χ1) is 19.6. The Kier molecular flexibility index (Phi) is 6.81. The number of piperazine rings is 1. The Morgan fingerprint density at radius 1 is 1.24 bits per heavy atom. The fraction of sp³-hybridized carbons (Fsp3) is 0.357. The minimum Gasteiger partial charge on any atom is -0.383 e. The van der Waals surface area contributed by atoms with Gasteiger partial charge in [0.2, 0.25) is 5.91 Å². The molecule has 0 aliphatic carbocycles. The number of amides is 1. The summed E-state index contributed by atoms with van der Waals surface area (Å²) in [5.74, 6) is 0.298. The van der Waals surface area contributed by atoms with Crippen LogP contribution in [0.5, 0.6) is 0 Å². The van der Waals surface area contributed by atoms with Gasteiger partial charge in [-0.25, -0.2) is 4.79 Å². The average Bonchev–Trinajstić information content (AvgIpc) is 3.43. The van der Waals surface area contributed by atoms with Gasteiger partial charge in [0.15, 0.2) is 0 Å². The van der Waals surface area contributed by atoms with Crippen LogP contribution in [0.4, 0.5) is 19.0 Å². The average molecular weight is 585 g/mol. The van der Waals surface area contributed by atoms with E-state index in [9.17, 15) is 22.8 Å². The summed E-state index contributed by atoms with van der Waals surface area (Å²) in [5, 5.41) is 7.89. The van der Waals surface area contributed by atoms with Crippen molar-refractivity contribution in [2.45, 2.75) is 24.0 Å². The van der Waals surface area contributed by atoms with Crippen LogP contribution in [-0.4, -0.2) is 76.2 Å². The van der Waals surface area contributed by atoms with Crippen molar-refractivity contribution in [3.63, 3.8) is 0 Å². The van der Waals surface area contributed by atoms with E-state index in [1.807, 2.05) is 6.07 Å². The number of benzene rings is 2. The maximum atomic E-state index is 15.0. The number of nitrogens with zero attached hydrogens (tertiary/aromatic N) is 5. The molecular weight excluding hydrogens is 557 g/mol. The number of H-pyrrole nitrogens is 1. The number of anilines is 1. The van der Waals surface area contributed by atoms with Crippen LogP contribution in [0, 0.1) is 6.92 Å². The van der Waals surface area contributed by atoms with Gasteiger partial charge in [-0.2, -0.15) is 23.3 Å². The molecule has 1 amide bonds. The molecule has 0 saturated carbocycles. The number of thioether (sulfide) groups is 1. The second-order valence-corrected chi connectivity index (χ2v) is 11.2. The zero-order chi connectivity index (χ0) is 29.1. The lowest BCUT2D eigenvalue weighted by atomic mass is 9.91. The molecule has 0 bridgehead atoms. The molecule has 2 aliphatic rings. The molecule has 41 heavy (non-hydrogen) atoms. The number of ether oxygens (including phenoxy) is 1. The molecule has 1 N–H and O–H groups in total. The first-order valence-corrected chi connectivity index (χ1v) is 14.0. The minimum absolute atomic E-state index is 0.0184. The van der Waals surface area contributed by atoms with Crippen molar-refractivity contribution in [1.82, 2.24) is 24.6 Å². The lowest BCUT2D eigenvalue weighted by Crippen LogP contribution is -2.49. The normalized spacial score (nSPS) is 17.4. The van der Waals surface area contributed by atoms with Gasteiger partial charge in [0.25, 0.3) is 0 Å². The highest BCUT2D eigenvalue weighted by Crippen LogP contribution is 2.51. The molecule has 4 heterocycles. The zero-order valence-corrected chi connectivity index (χ0v) is 23.2. The summed E-state index contributed by atoms with van der Waals surface area (Å²) in [6.45, 7) is 6.78. The molecule has 0 spiro atoms. The molecule has 13 heteroatoms. The van der Waals surface area contributed by atoms with Crippen LogP contribution in [0.25, 0.3) is 32.9 Å². The standard InChI is InChI=1S/C28H27F3N6O3S/c1-4-20(38)35-7-9-36(10-8-35)26-18-11-19(28(29,30)31)22(21-15(2)5-6-16-12-32-34-23(16)21)25-24(18)37(27(39)33-26)17(13-40-3)14-41-25/h4-6,11-12,17H,1,7-10,13-14H2,2-3H3,(H,32,34). The number of alkyl halides is 3. The lowest BCUT2D eigenvalue weighted by Gasteiger charge is -2.37. The molecule has 2 aromatic carbocycles. The Morgan fingerprint density at radius 2 is 2.00 bits per heavy atom. The first-order valence-electron chi connectivity index (χ1n) is 13.1. The van der Waals surface area contributed by atoms with Crippen molar-refractivity contribution < 1.29 is 22.7 Å². The monoisotopic (exact) mass is 584 g/mol. The number of fused-ring (bicyclic) bond motifs is 1. The zero-order valence-electron chi connectivity index (χ0n) is 22.4. The van der Waals surface area contributed by atoms with Crippen LogP contribution in [0.3, 0.4) is 0 Å². The Bertz CT molecular complexity index is 1760. The molecule has 6 rings (SSSR count). The quantitative estimate of drug-likeness (QED) is 0.348. The minimum atomic E-state index is -4.70. The third-order valence-corrected chi connectivity index (χ3v) is 8.97. The van der Waals surface area contributed by atoms with E-state index in [4.69, 9.17) is 4.74 Å². The van der Waals surface area contributed by atoms with Gasteiger partial charge in [0, 0.05) is 65.8 Å². The van der Waals surface area contributed by atoms with E-state index < -0.39 is 23.5 Å². The number of hydrogen-bond donors (Lipinski definition) is 1. The van der Waals surface area contributed by atoms with Crippen molar-refractivity contribution in [1.29, 1.82) is 0 Å². The van der Waals surface area contributed by atoms with Crippen molar-refractivity contribution in [3.05, 3.63) is 58.7 Å². The Labute approximate surface area is 237 Å².